The van der Waals surface area contributed by atoms with Gasteiger partial charge in [0, 0.05) is 18.7 Å². The topological polar surface area (TPSA) is 76.1 Å². The van der Waals surface area contributed by atoms with Crippen molar-refractivity contribution in [1.82, 2.24) is 4.90 Å². The van der Waals surface area contributed by atoms with Crippen LogP contribution in [0.3, 0.4) is 0 Å². The molecule has 0 spiro atoms. The fourth-order valence-corrected chi connectivity index (χ4v) is 2.66. The molecule has 22 heavy (non-hydrogen) atoms. The Bertz CT molecular complexity index is 557. The Morgan fingerprint density at radius 2 is 2.05 bits per heavy atom. The molecule has 1 aromatic rings. The fourth-order valence-electron chi connectivity index (χ4n) is 2.66. The number of aromatic carboxylic acids is 1. The Balaban J connectivity index is 2.24. The van der Waals surface area contributed by atoms with Crippen LogP contribution in [0.5, 0.6) is 5.75 Å². The first kappa shape index (κ1) is 16.3. The first-order chi connectivity index (χ1) is 10.6. The van der Waals surface area contributed by atoms with Gasteiger partial charge < -0.3 is 19.5 Å². The number of carbonyl (C=O) groups is 2. The molecule has 6 nitrogen and oxygen atoms in total. The molecule has 0 radical (unpaired) electrons. The number of carbonyl (C=O) groups excluding carboxylic acids is 1. The highest BCUT2D eigenvalue weighted by Crippen LogP contribution is 2.23. The largest absolute Gasteiger partial charge is 0.497 e. The van der Waals surface area contributed by atoms with Gasteiger partial charge in [-0.05, 0) is 38.0 Å². The summed E-state index contributed by atoms with van der Waals surface area (Å²) in [6.45, 7) is 3.71. The number of carboxylic acid groups (broad SMARTS) is 1. The number of carboxylic acids is 1. The lowest BCUT2D eigenvalue weighted by molar-refractivity contribution is 0.0564. The van der Waals surface area contributed by atoms with E-state index in [4.69, 9.17) is 14.6 Å². The molecule has 0 bridgehead atoms. The predicted octanol–water partition coefficient (Wildman–Crippen LogP) is 2.03. The maximum absolute atomic E-state index is 12.7. The van der Waals surface area contributed by atoms with Gasteiger partial charge in [-0.25, -0.2) is 4.79 Å². The van der Waals surface area contributed by atoms with Crippen molar-refractivity contribution >= 4 is 11.9 Å². The van der Waals surface area contributed by atoms with Crippen LogP contribution in [0.2, 0.25) is 0 Å². The van der Waals surface area contributed by atoms with Crippen LogP contribution >= 0.6 is 0 Å². The first-order valence-corrected chi connectivity index (χ1v) is 7.38. The van der Waals surface area contributed by atoms with Gasteiger partial charge in [0.25, 0.3) is 5.91 Å². The van der Waals surface area contributed by atoms with Crippen LogP contribution in [0.25, 0.3) is 0 Å². The van der Waals surface area contributed by atoms with E-state index < -0.39 is 5.97 Å². The van der Waals surface area contributed by atoms with Crippen LogP contribution in [0.4, 0.5) is 0 Å². The quantitative estimate of drug-likeness (QED) is 0.870. The minimum atomic E-state index is -1.08. The van der Waals surface area contributed by atoms with Gasteiger partial charge in [-0.2, -0.15) is 0 Å². The number of likely N-dealkylation sites (tertiary alicyclic amines) is 1. The lowest BCUT2D eigenvalue weighted by Gasteiger charge is -2.24. The summed E-state index contributed by atoms with van der Waals surface area (Å²) < 4.78 is 10.5. The molecule has 1 saturated heterocycles. The molecule has 0 unspecified atom stereocenters. The van der Waals surface area contributed by atoms with E-state index in [-0.39, 0.29) is 17.5 Å². The predicted molar refractivity (Wildman–Crippen MR) is 80.5 cm³/mol. The zero-order chi connectivity index (χ0) is 16.1. The van der Waals surface area contributed by atoms with Crippen molar-refractivity contribution in [2.24, 2.45) is 0 Å². The second-order valence-corrected chi connectivity index (χ2v) is 5.21. The smallest absolute Gasteiger partial charge is 0.335 e. The third-order valence-electron chi connectivity index (χ3n) is 3.79. The third kappa shape index (κ3) is 3.57. The maximum atomic E-state index is 12.7. The molecule has 0 aliphatic carbocycles. The number of hydrogen-bond donors (Lipinski definition) is 1. The highest BCUT2D eigenvalue weighted by molar-refractivity contribution is 5.98. The zero-order valence-electron chi connectivity index (χ0n) is 12.9. The highest BCUT2D eigenvalue weighted by Gasteiger charge is 2.30. The van der Waals surface area contributed by atoms with Gasteiger partial charge in [0.2, 0.25) is 0 Å². The Labute approximate surface area is 129 Å². The minimum absolute atomic E-state index is 0.0447. The van der Waals surface area contributed by atoms with Crippen LogP contribution in [0, 0.1) is 0 Å². The Morgan fingerprint density at radius 1 is 1.32 bits per heavy atom. The number of hydrogen-bond acceptors (Lipinski definition) is 4. The lowest BCUT2D eigenvalue weighted by Crippen LogP contribution is -2.38. The summed E-state index contributed by atoms with van der Waals surface area (Å²) in [5.41, 5.74) is 0.378. The van der Waals surface area contributed by atoms with Gasteiger partial charge in [-0.15, -0.1) is 0 Å². The van der Waals surface area contributed by atoms with Crippen molar-refractivity contribution < 1.29 is 24.2 Å². The normalized spacial score (nSPS) is 17.5. The molecule has 6 heteroatoms. The average molecular weight is 307 g/mol. The summed E-state index contributed by atoms with van der Waals surface area (Å²) in [7, 11) is 1.45. The molecule has 1 heterocycles. The van der Waals surface area contributed by atoms with Crippen molar-refractivity contribution in [2.45, 2.75) is 25.8 Å². The number of amides is 1. The average Bonchev–Trinajstić information content (AvgIpc) is 2.99. The lowest BCUT2D eigenvalue weighted by atomic mass is 10.1. The molecule has 1 aliphatic rings. The van der Waals surface area contributed by atoms with Crippen LogP contribution in [0.1, 0.15) is 40.5 Å². The van der Waals surface area contributed by atoms with Crippen LogP contribution in [0.15, 0.2) is 18.2 Å². The SMILES string of the molecule is CCOC[C@@H]1CCCN1C(=O)c1cc(OC)cc(C(=O)O)c1. The van der Waals surface area contributed by atoms with Crippen LogP contribution in [-0.4, -0.2) is 54.8 Å². The minimum Gasteiger partial charge on any atom is -0.497 e. The number of methoxy groups -OCH3 is 1. The molecule has 1 amide bonds. The molecule has 1 aromatic carbocycles. The summed E-state index contributed by atoms with van der Waals surface area (Å²) in [6.07, 6.45) is 1.83. The van der Waals surface area contributed by atoms with Gasteiger partial charge in [0.05, 0.1) is 25.3 Å². The zero-order valence-corrected chi connectivity index (χ0v) is 12.9. The van der Waals surface area contributed by atoms with Crippen LogP contribution in [-0.2, 0) is 4.74 Å². The molecular formula is C16H21NO5. The molecule has 1 atom stereocenters. The molecule has 1 fully saturated rings. The molecular weight excluding hydrogens is 286 g/mol. The molecule has 0 aromatic heterocycles. The first-order valence-electron chi connectivity index (χ1n) is 7.38. The third-order valence-corrected chi connectivity index (χ3v) is 3.79. The van der Waals surface area contributed by atoms with Crippen molar-refractivity contribution in [3.05, 3.63) is 29.3 Å². The standard InChI is InChI=1S/C16H21NO5/c1-3-22-10-13-5-4-6-17(13)15(18)11-7-12(16(19)20)9-14(8-11)21-2/h7-9,13H,3-6,10H2,1-2H3,(H,19,20)/t13-/m0/s1. The van der Waals surface area contributed by atoms with E-state index in [1.54, 1.807) is 11.0 Å². The van der Waals surface area contributed by atoms with Crippen molar-refractivity contribution in [3.63, 3.8) is 0 Å². The molecule has 1 N–H and O–H groups in total. The van der Waals surface area contributed by atoms with Crippen molar-refractivity contribution in [1.29, 1.82) is 0 Å². The number of ether oxygens (including phenoxy) is 2. The van der Waals surface area contributed by atoms with Crippen molar-refractivity contribution in [2.75, 3.05) is 26.9 Å². The van der Waals surface area contributed by atoms with E-state index in [9.17, 15) is 9.59 Å². The monoisotopic (exact) mass is 307 g/mol. The van der Waals surface area contributed by atoms with E-state index in [0.717, 1.165) is 12.8 Å². The molecule has 0 saturated carbocycles. The Hall–Kier alpha value is -2.08. The second kappa shape index (κ2) is 7.26. The Kier molecular flexibility index (Phi) is 5.38. The number of nitrogens with zero attached hydrogens (tertiary/aromatic N) is 1. The molecule has 1 aliphatic heterocycles. The van der Waals surface area contributed by atoms with Crippen LogP contribution < -0.4 is 4.74 Å². The summed E-state index contributed by atoms with van der Waals surface area (Å²) >= 11 is 0. The van der Waals surface area contributed by atoms with Crippen molar-refractivity contribution in [3.8, 4) is 5.75 Å². The van der Waals surface area contributed by atoms with E-state index in [0.29, 0.717) is 31.1 Å². The van der Waals surface area contributed by atoms with E-state index in [2.05, 4.69) is 0 Å². The highest BCUT2D eigenvalue weighted by atomic mass is 16.5. The van der Waals surface area contributed by atoms with Gasteiger partial charge in [0.15, 0.2) is 0 Å². The van der Waals surface area contributed by atoms with E-state index >= 15 is 0 Å². The maximum Gasteiger partial charge on any atom is 0.335 e. The Morgan fingerprint density at radius 3 is 2.68 bits per heavy atom. The summed E-state index contributed by atoms with van der Waals surface area (Å²) in [5, 5.41) is 9.14. The van der Waals surface area contributed by atoms with E-state index in [1.807, 2.05) is 6.92 Å². The molecule has 120 valence electrons. The summed E-state index contributed by atoms with van der Waals surface area (Å²) in [4.78, 5) is 25.6. The van der Waals surface area contributed by atoms with Gasteiger partial charge in [0.1, 0.15) is 5.75 Å². The second-order valence-electron chi connectivity index (χ2n) is 5.21. The number of rotatable bonds is 6. The molecule has 2 rings (SSSR count). The summed E-state index contributed by atoms with van der Waals surface area (Å²) in [6, 6.07) is 4.42. The van der Waals surface area contributed by atoms with Gasteiger partial charge in [-0.1, -0.05) is 0 Å². The summed E-state index contributed by atoms with van der Waals surface area (Å²) in [5.74, 6) is -0.896. The fraction of sp³-hybridized carbons (Fsp3) is 0.500. The van der Waals surface area contributed by atoms with Gasteiger partial charge >= 0.3 is 5.97 Å². The van der Waals surface area contributed by atoms with Gasteiger partial charge in [-0.3, -0.25) is 4.79 Å². The number of benzene rings is 1. The van der Waals surface area contributed by atoms with E-state index in [1.165, 1.54) is 19.2 Å².